The lowest BCUT2D eigenvalue weighted by molar-refractivity contribution is 0.432. The maximum atomic E-state index is 3.59. The highest BCUT2D eigenvalue weighted by Gasteiger charge is 2.30. The zero-order valence-corrected chi connectivity index (χ0v) is 9.66. The van der Waals surface area contributed by atoms with Crippen LogP contribution in [0.5, 0.6) is 0 Å². The lowest BCUT2D eigenvalue weighted by atomic mass is 9.87. The molecule has 0 bridgehead atoms. The highest BCUT2D eigenvalue weighted by Crippen LogP contribution is 2.31. The van der Waals surface area contributed by atoms with Gasteiger partial charge in [0.1, 0.15) is 0 Å². The largest absolute Gasteiger partial charge is 0.308 e. The number of benzene rings is 1. The molecule has 0 spiro atoms. The summed E-state index contributed by atoms with van der Waals surface area (Å²) >= 11 is 0. The van der Waals surface area contributed by atoms with E-state index >= 15 is 0 Å². The maximum absolute atomic E-state index is 3.59. The highest BCUT2D eigenvalue weighted by molar-refractivity contribution is 5.85. The van der Waals surface area contributed by atoms with Crippen LogP contribution in [0, 0.1) is 6.92 Å². The van der Waals surface area contributed by atoms with E-state index in [0.717, 1.165) is 6.54 Å². The van der Waals surface area contributed by atoms with E-state index in [2.05, 4.69) is 43.4 Å². The standard InChI is InChI=1S/C12H17N.ClH/c1-10-6-3-4-7-11(10)12(2)8-5-9-13-12;/h3-4,6-7,13H,5,8-9H2,1-2H3;1H. The van der Waals surface area contributed by atoms with Gasteiger partial charge in [-0.15, -0.1) is 12.4 Å². The van der Waals surface area contributed by atoms with Crippen molar-refractivity contribution < 1.29 is 0 Å². The monoisotopic (exact) mass is 211 g/mol. The summed E-state index contributed by atoms with van der Waals surface area (Å²) in [5, 5.41) is 3.59. The fraction of sp³-hybridized carbons (Fsp3) is 0.500. The molecule has 1 aromatic rings. The molecule has 78 valence electrons. The summed E-state index contributed by atoms with van der Waals surface area (Å²) in [6.07, 6.45) is 2.56. The zero-order chi connectivity index (χ0) is 9.31. The first kappa shape index (κ1) is 11.5. The molecule has 0 aromatic heterocycles. The van der Waals surface area contributed by atoms with Gasteiger partial charge in [-0.1, -0.05) is 24.3 Å². The molecule has 0 radical (unpaired) electrons. The van der Waals surface area contributed by atoms with Crippen LogP contribution < -0.4 is 5.32 Å². The SMILES string of the molecule is Cc1ccccc1C1(C)CCCN1.Cl. The Kier molecular flexibility index (Phi) is 3.57. The van der Waals surface area contributed by atoms with Crippen LogP contribution in [-0.2, 0) is 5.54 Å². The van der Waals surface area contributed by atoms with E-state index in [1.807, 2.05) is 0 Å². The summed E-state index contributed by atoms with van der Waals surface area (Å²) in [5.74, 6) is 0. The molecule has 1 N–H and O–H groups in total. The van der Waals surface area contributed by atoms with Crippen molar-refractivity contribution in [3.05, 3.63) is 35.4 Å². The predicted octanol–water partition coefficient (Wildman–Crippen LogP) is 3.02. The van der Waals surface area contributed by atoms with Gasteiger partial charge in [0.05, 0.1) is 0 Å². The molecule has 0 amide bonds. The third-order valence-corrected chi connectivity index (χ3v) is 3.11. The Bertz CT molecular complexity index is 303. The van der Waals surface area contributed by atoms with Crippen LogP contribution in [0.4, 0.5) is 0 Å². The molecule has 0 saturated carbocycles. The lowest BCUT2D eigenvalue weighted by Gasteiger charge is -2.26. The number of aryl methyl sites for hydroxylation is 1. The van der Waals surface area contributed by atoms with E-state index in [0.29, 0.717) is 0 Å². The Morgan fingerprint density at radius 2 is 2.00 bits per heavy atom. The quantitative estimate of drug-likeness (QED) is 0.753. The number of hydrogen-bond donors (Lipinski definition) is 1. The maximum Gasteiger partial charge on any atom is 0.0409 e. The average Bonchev–Trinajstić information content (AvgIpc) is 2.54. The van der Waals surface area contributed by atoms with Crippen LogP contribution in [0.3, 0.4) is 0 Å². The van der Waals surface area contributed by atoms with E-state index in [1.165, 1.54) is 24.0 Å². The van der Waals surface area contributed by atoms with Crippen LogP contribution in [0.1, 0.15) is 30.9 Å². The van der Waals surface area contributed by atoms with Crippen molar-refractivity contribution in [3.8, 4) is 0 Å². The van der Waals surface area contributed by atoms with Gasteiger partial charge in [-0.25, -0.2) is 0 Å². The van der Waals surface area contributed by atoms with Gasteiger partial charge in [0.25, 0.3) is 0 Å². The number of nitrogens with one attached hydrogen (secondary N) is 1. The molecule has 0 aliphatic carbocycles. The van der Waals surface area contributed by atoms with Gasteiger partial charge in [0.2, 0.25) is 0 Å². The first-order valence-corrected chi connectivity index (χ1v) is 5.03. The normalized spacial score (nSPS) is 25.9. The Balaban J connectivity index is 0.000000980. The van der Waals surface area contributed by atoms with Crippen molar-refractivity contribution >= 4 is 12.4 Å². The summed E-state index contributed by atoms with van der Waals surface area (Å²) in [5.41, 5.74) is 3.10. The van der Waals surface area contributed by atoms with E-state index in [1.54, 1.807) is 0 Å². The topological polar surface area (TPSA) is 12.0 Å². The van der Waals surface area contributed by atoms with Crippen molar-refractivity contribution in [2.24, 2.45) is 0 Å². The molecule has 1 aromatic carbocycles. The van der Waals surface area contributed by atoms with Gasteiger partial charge in [0, 0.05) is 5.54 Å². The Morgan fingerprint density at radius 1 is 1.29 bits per heavy atom. The molecule has 14 heavy (non-hydrogen) atoms. The third kappa shape index (κ3) is 1.94. The molecule has 1 aliphatic heterocycles. The second-order valence-electron chi connectivity index (χ2n) is 4.18. The van der Waals surface area contributed by atoms with Gasteiger partial charge in [0.15, 0.2) is 0 Å². The van der Waals surface area contributed by atoms with Gasteiger partial charge >= 0.3 is 0 Å². The molecule has 2 rings (SSSR count). The number of rotatable bonds is 1. The van der Waals surface area contributed by atoms with Crippen molar-refractivity contribution in [3.63, 3.8) is 0 Å². The molecule has 1 fully saturated rings. The minimum absolute atomic E-state index is 0. The Hall–Kier alpha value is -0.530. The fourth-order valence-electron chi connectivity index (χ4n) is 2.32. The molecule has 1 heterocycles. The summed E-state index contributed by atoms with van der Waals surface area (Å²) in [6.45, 7) is 5.66. The second kappa shape index (κ2) is 4.33. The number of hydrogen-bond acceptors (Lipinski definition) is 1. The van der Waals surface area contributed by atoms with Crippen LogP contribution in [-0.4, -0.2) is 6.54 Å². The highest BCUT2D eigenvalue weighted by atomic mass is 35.5. The molecule has 1 nitrogen and oxygen atoms in total. The third-order valence-electron chi connectivity index (χ3n) is 3.11. The van der Waals surface area contributed by atoms with Crippen LogP contribution >= 0.6 is 12.4 Å². The lowest BCUT2D eigenvalue weighted by Crippen LogP contribution is -2.33. The van der Waals surface area contributed by atoms with E-state index in [4.69, 9.17) is 0 Å². The van der Waals surface area contributed by atoms with Gasteiger partial charge < -0.3 is 5.32 Å². The molecule has 1 unspecified atom stereocenters. The Labute approximate surface area is 92.3 Å². The van der Waals surface area contributed by atoms with Crippen LogP contribution in [0.25, 0.3) is 0 Å². The van der Waals surface area contributed by atoms with Gasteiger partial charge in [-0.3, -0.25) is 0 Å². The second-order valence-corrected chi connectivity index (χ2v) is 4.18. The first-order valence-electron chi connectivity index (χ1n) is 5.03. The van der Waals surface area contributed by atoms with E-state index in [9.17, 15) is 0 Å². The van der Waals surface area contributed by atoms with Gasteiger partial charge in [-0.05, 0) is 44.4 Å². The van der Waals surface area contributed by atoms with Crippen molar-refractivity contribution in [1.29, 1.82) is 0 Å². The molecule has 2 heteroatoms. The summed E-state index contributed by atoms with van der Waals surface area (Å²) < 4.78 is 0. The summed E-state index contributed by atoms with van der Waals surface area (Å²) in [4.78, 5) is 0. The minimum Gasteiger partial charge on any atom is -0.308 e. The first-order chi connectivity index (χ1) is 6.22. The van der Waals surface area contributed by atoms with E-state index in [-0.39, 0.29) is 17.9 Å². The van der Waals surface area contributed by atoms with Crippen molar-refractivity contribution in [2.45, 2.75) is 32.2 Å². The van der Waals surface area contributed by atoms with Crippen molar-refractivity contribution in [2.75, 3.05) is 6.54 Å². The predicted molar refractivity (Wildman–Crippen MR) is 63.0 cm³/mol. The smallest absolute Gasteiger partial charge is 0.0409 e. The molecule has 1 atom stereocenters. The Morgan fingerprint density at radius 3 is 2.57 bits per heavy atom. The van der Waals surface area contributed by atoms with Gasteiger partial charge in [-0.2, -0.15) is 0 Å². The minimum atomic E-state index is 0. The summed E-state index contributed by atoms with van der Waals surface area (Å²) in [7, 11) is 0. The molecular weight excluding hydrogens is 194 g/mol. The fourth-order valence-corrected chi connectivity index (χ4v) is 2.32. The van der Waals surface area contributed by atoms with Crippen molar-refractivity contribution in [1.82, 2.24) is 5.32 Å². The summed E-state index contributed by atoms with van der Waals surface area (Å²) in [6, 6.07) is 8.68. The van der Waals surface area contributed by atoms with Crippen LogP contribution in [0.15, 0.2) is 24.3 Å². The molecule has 1 aliphatic rings. The van der Waals surface area contributed by atoms with Crippen LogP contribution in [0.2, 0.25) is 0 Å². The molecular formula is C12H18ClN. The average molecular weight is 212 g/mol. The number of halogens is 1. The molecule has 1 saturated heterocycles. The zero-order valence-electron chi connectivity index (χ0n) is 8.84. The van der Waals surface area contributed by atoms with E-state index < -0.39 is 0 Å².